The van der Waals surface area contributed by atoms with E-state index in [4.69, 9.17) is 4.74 Å². The van der Waals surface area contributed by atoms with Crippen molar-refractivity contribution in [3.8, 4) is 5.75 Å². The molecule has 0 saturated carbocycles. The standard InChI is InChI=1S/C21H27N3O2S/c1-23-12-14-24(15-13-23)18-5-3-17(4-6-18)22-21(25)11-16-27-20-9-7-19(26-2)8-10-20/h3-10H,11-16H2,1-2H3,(H,22,25). The molecular weight excluding hydrogens is 358 g/mol. The predicted octanol–water partition coefficient (Wildman–Crippen LogP) is 3.57. The number of ether oxygens (including phenoxy) is 1. The van der Waals surface area contributed by atoms with Gasteiger partial charge < -0.3 is 19.9 Å². The van der Waals surface area contributed by atoms with Crippen LogP contribution in [0.2, 0.25) is 0 Å². The van der Waals surface area contributed by atoms with Crippen molar-refractivity contribution >= 4 is 29.0 Å². The minimum atomic E-state index is 0.0448. The minimum Gasteiger partial charge on any atom is -0.497 e. The number of nitrogens with one attached hydrogen (secondary N) is 1. The molecule has 27 heavy (non-hydrogen) atoms. The second-order valence-corrected chi connectivity index (χ2v) is 7.83. The van der Waals surface area contributed by atoms with Crippen LogP contribution in [0.4, 0.5) is 11.4 Å². The second kappa shape index (κ2) is 9.67. The molecule has 0 atom stereocenters. The third kappa shape index (κ3) is 5.91. The molecule has 1 amide bonds. The maximum absolute atomic E-state index is 12.2. The van der Waals surface area contributed by atoms with Gasteiger partial charge in [0.1, 0.15) is 5.75 Å². The number of piperazine rings is 1. The van der Waals surface area contributed by atoms with Crippen LogP contribution in [0.1, 0.15) is 6.42 Å². The lowest BCUT2D eigenvalue weighted by atomic mass is 10.2. The summed E-state index contributed by atoms with van der Waals surface area (Å²) in [5, 5.41) is 2.98. The molecule has 3 rings (SSSR count). The first-order valence-corrected chi connectivity index (χ1v) is 10.2. The van der Waals surface area contributed by atoms with E-state index in [0.29, 0.717) is 6.42 Å². The third-order valence-electron chi connectivity index (χ3n) is 4.68. The van der Waals surface area contributed by atoms with Gasteiger partial charge in [0.15, 0.2) is 0 Å². The van der Waals surface area contributed by atoms with Gasteiger partial charge in [-0.25, -0.2) is 0 Å². The van der Waals surface area contributed by atoms with Crippen molar-refractivity contribution in [2.75, 3.05) is 56.3 Å². The highest BCUT2D eigenvalue weighted by atomic mass is 32.2. The van der Waals surface area contributed by atoms with Crippen LogP contribution in [0.5, 0.6) is 5.75 Å². The Morgan fingerprint density at radius 3 is 2.33 bits per heavy atom. The number of benzene rings is 2. The van der Waals surface area contributed by atoms with Crippen molar-refractivity contribution in [2.24, 2.45) is 0 Å². The molecule has 1 heterocycles. The summed E-state index contributed by atoms with van der Waals surface area (Å²) < 4.78 is 5.15. The van der Waals surface area contributed by atoms with E-state index in [1.165, 1.54) is 5.69 Å². The molecule has 2 aromatic carbocycles. The van der Waals surface area contributed by atoms with E-state index in [1.807, 2.05) is 36.4 Å². The Bertz CT molecular complexity index is 726. The summed E-state index contributed by atoms with van der Waals surface area (Å²) in [5.74, 6) is 1.64. The molecule has 2 aromatic rings. The van der Waals surface area contributed by atoms with Crippen molar-refractivity contribution in [1.82, 2.24) is 4.90 Å². The van der Waals surface area contributed by atoms with Crippen molar-refractivity contribution in [3.05, 3.63) is 48.5 Å². The molecule has 1 aliphatic rings. The Kier molecular flexibility index (Phi) is 7.01. The normalized spacial score (nSPS) is 14.8. The zero-order valence-corrected chi connectivity index (χ0v) is 16.8. The summed E-state index contributed by atoms with van der Waals surface area (Å²) in [6.07, 6.45) is 0.483. The Labute approximate surface area is 165 Å². The van der Waals surface area contributed by atoms with Crippen LogP contribution >= 0.6 is 11.8 Å². The SMILES string of the molecule is COc1ccc(SCCC(=O)Nc2ccc(N3CCN(C)CC3)cc2)cc1. The van der Waals surface area contributed by atoms with Crippen LogP contribution in [0.25, 0.3) is 0 Å². The van der Waals surface area contributed by atoms with Gasteiger partial charge in [-0.15, -0.1) is 11.8 Å². The van der Waals surface area contributed by atoms with E-state index in [-0.39, 0.29) is 5.91 Å². The van der Waals surface area contributed by atoms with Crippen LogP contribution in [0, 0.1) is 0 Å². The first-order valence-electron chi connectivity index (χ1n) is 9.24. The van der Waals surface area contributed by atoms with Crippen molar-refractivity contribution in [1.29, 1.82) is 0 Å². The number of likely N-dealkylation sites (N-methyl/N-ethyl adjacent to an activating group) is 1. The Hall–Kier alpha value is -2.18. The average Bonchev–Trinajstić information content (AvgIpc) is 2.70. The first-order chi connectivity index (χ1) is 13.1. The van der Waals surface area contributed by atoms with E-state index in [0.717, 1.165) is 48.3 Å². The number of hydrogen-bond donors (Lipinski definition) is 1. The fraction of sp³-hybridized carbons (Fsp3) is 0.381. The van der Waals surface area contributed by atoms with Gasteiger partial charge in [-0.3, -0.25) is 4.79 Å². The van der Waals surface area contributed by atoms with Gasteiger partial charge in [0.25, 0.3) is 0 Å². The Balaban J connectivity index is 1.42. The highest BCUT2D eigenvalue weighted by Crippen LogP contribution is 2.23. The monoisotopic (exact) mass is 385 g/mol. The number of nitrogens with zero attached hydrogens (tertiary/aromatic N) is 2. The van der Waals surface area contributed by atoms with E-state index < -0.39 is 0 Å². The molecule has 1 N–H and O–H groups in total. The summed E-state index contributed by atoms with van der Waals surface area (Å²) in [6.45, 7) is 4.27. The van der Waals surface area contributed by atoms with Gasteiger partial charge in [0.05, 0.1) is 7.11 Å². The number of hydrogen-bond acceptors (Lipinski definition) is 5. The average molecular weight is 386 g/mol. The fourth-order valence-corrected chi connectivity index (χ4v) is 3.83. The molecule has 6 heteroatoms. The molecule has 0 aliphatic carbocycles. The molecule has 0 unspecified atom stereocenters. The molecular formula is C21H27N3O2S. The highest BCUT2D eigenvalue weighted by molar-refractivity contribution is 7.99. The number of carbonyl (C=O) groups is 1. The van der Waals surface area contributed by atoms with E-state index in [2.05, 4.69) is 34.3 Å². The number of carbonyl (C=O) groups excluding carboxylic acids is 1. The third-order valence-corrected chi connectivity index (χ3v) is 5.69. The van der Waals surface area contributed by atoms with Crippen LogP contribution in [-0.4, -0.2) is 56.9 Å². The maximum atomic E-state index is 12.2. The molecule has 144 valence electrons. The van der Waals surface area contributed by atoms with Gasteiger partial charge in [-0.1, -0.05) is 0 Å². The van der Waals surface area contributed by atoms with Gasteiger partial charge in [-0.05, 0) is 55.6 Å². The summed E-state index contributed by atoms with van der Waals surface area (Å²) in [7, 11) is 3.81. The minimum absolute atomic E-state index is 0.0448. The van der Waals surface area contributed by atoms with Crippen LogP contribution < -0.4 is 15.0 Å². The number of rotatable bonds is 7. The molecule has 0 spiro atoms. The quantitative estimate of drug-likeness (QED) is 0.738. The summed E-state index contributed by atoms with van der Waals surface area (Å²) >= 11 is 1.67. The molecule has 1 aliphatic heterocycles. The second-order valence-electron chi connectivity index (χ2n) is 6.66. The van der Waals surface area contributed by atoms with E-state index >= 15 is 0 Å². The zero-order valence-electron chi connectivity index (χ0n) is 16.0. The van der Waals surface area contributed by atoms with Crippen molar-refractivity contribution in [3.63, 3.8) is 0 Å². The molecule has 5 nitrogen and oxygen atoms in total. The summed E-state index contributed by atoms with van der Waals surface area (Å²) in [4.78, 5) is 18.0. The number of thioether (sulfide) groups is 1. The smallest absolute Gasteiger partial charge is 0.225 e. The van der Waals surface area contributed by atoms with Crippen molar-refractivity contribution < 1.29 is 9.53 Å². The molecule has 1 saturated heterocycles. The number of anilines is 2. The molecule has 0 radical (unpaired) electrons. The number of amides is 1. The topological polar surface area (TPSA) is 44.8 Å². The fourth-order valence-electron chi connectivity index (χ4n) is 2.98. The van der Waals surface area contributed by atoms with Crippen LogP contribution in [-0.2, 0) is 4.79 Å². The Morgan fingerprint density at radius 1 is 1.04 bits per heavy atom. The zero-order chi connectivity index (χ0) is 19.1. The predicted molar refractivity (Wildman–Crippen MR) is 113 cm³/mol. The van der Waals surface area contributed by atoms with Crippen LogP contribution in [0.3, 0.4) is 0 Å². The lowest BCUT2D eigenvalue weighted by molar-refractivity contribution is -0.115. The molecule has 0 aromatic heterocycles. The van der Waals surface area contributed by atoms with E-state index in [1.54, 1.807) is 18.9 Å². The first kappa shape index (κ1) is 19.6. The molecule has 1 fully saturated rings. The van der Waals surface area contributed by atoms with Gasteiger partial charge in [-0.2, -0.15) is 0 Å². The molecule has 0 bridgehead atoms. The van der Waals surface area contributed by atoms with Gasteiger partial charge in [0, 0.05) is 54.6 Å². The van der Waals surface area contributed by atoms with Gasteiger partial charge in [0.2, 0.25) is 5.91 Å². The highest BCUT2D eigenvalue weighted by Gasteiger charge is 2.14. The van der Waals surface area contributed by atoms with Gasteiger partial charge >= 0.3 is 0 Å². The van der Waals surface area contributed by atoms with Crippen LogP contribution in [0.15, 0.2) is 53.4 Å². The largest absolute Gasteiger partial charge is 0.497 e. The lowest BCUT2D eigenvalue weighted by Gasteiger charge is -2.34. The van der Waals surface area contributed by atoms with E-state index in [9.17, 15) is 4.79 Å². The van der Waals surface area contributed by atoms with Crippen molar-refractivity contribution in [2.45, 2.75) is 11.3 Å². The maximum Gasteiger partial charge on any atom is 0.225 e. The Morgan fingerprint density at radius 2 is 1.70 bits per heavy atom. The lowest BCUT2D eigenvalue weighted by Crippen LogP contribution is -2.44. The number of methoxy groups -OCH3 is 1. The summed E-state index contributed by atoms with van der Waals surface area (Å²) in [6, 6.07) is 16.1. The summed E-state index contributed by atoms with van der Waals surface area (Å²) in [5.41, 5.74) is 2.07.